The molecule has 7 heteroatoms. The molecule has 162 valence electrons. The summed E-state index contributed by atoms with van der Waals surface area (Å²) in [5.74, 6) is 3.21. The van der Waals surface area contributed by atoms with E-state index in [0.29, 0.717) is 23.5 Å². The molecular weight excluding hydrogens is 395 g/mol. The van der Waals surface area contributed by atoms with Gasteiger partial charge < -0.3 is 9.72 Å². The van der Waals surface area contributed by atoms with Crippen LogP contribution in [0.3, 0.4) is 0 Å². The van der Waals surface area contributed by atoms with E-state index in [0.717, 1.165) is 49.3 Å². The van der Waals surface area contributed by atoms with Crippen molar-refractivity contribution in [3.05, 3.63) is 46.3 Å². The highest BCUT2D eigenvalue weighted by Crippen LogP contribution is 2.60. The van der Waals surface area contributed by atoms with Crippen LogP contribution in [0, 0.1) is 23.6 Å². The van der Waals surface area contributed by atoms with Crippen LogP contribution in [0.25, 0.3) is 11.2 Å². The van der Waals surface area contributed by atoms with Crippen molar-refractivity contribution in [1.29, 1.82) is 0 Å². The number of hydrogen-bond acceptors (Lipinski definition) is 4. The average Bonchev–Trinajstić information content (AvgIpc) is 3.15. The van der Waals surface area contributed by atoms with Gasteiger partial charge >= 0.3 is 6.01 Å². The molecule has 4 bridgehead atoms. The Morgan fingerprint density at radius 1 is 1.16 bits per heavy atom. The zero-order valence-electron chi connectivity index (χ0n) is 17.7. The molecule has 0 atom stereocenters. The minimum absolute atomic E-state index is 0.0566. The first kappa shape index (κ1) is 19.0. The van der Waals surface area contributed by atoms with E-state index in [-0.39, 0.29) is 17.0 Å². The molecule has 4 aliphatic rings. The fraction of sp³-hybridized carbons (Fsp3) is 0.542. The molecule has 4 aliphatic carbocycles. The molecule has 31 heavy (non-hydrogen) atoms. The van der Waals surface area contributed by atoms with Gasteiger partial charge in [0.25, 0.3) is 5.56 Å². The minimum Gasteiger partial charge on any atom is -0.425 e. The van der Waals surface area contributed by atoms with Crippen LogP contribution in [0.4, 0.5) is 4.39 Å². The van der Waals surface area contributed by atoms with E-state index >= 15 is 0 Å². The summed E-state index contributed by atoms with van der Waals surface area (Å²) in [6, 6.07) is 6.03. The van der Waals surface area contributed by atoms with Crippen molar-refractivity contribution in [1.82, 2.24) is 19.5 Å². The van der Waals surface area contributed by atoms with E-state index in [2.05, 4.69) is 9.97 Å². The first-order valence-corrected chi connectivity index (χ1v) is 11.5. The van der Waals surface area contributed by atoms with Gasteiger partial charge in [-0.15, -0.1) is 0 Å². The Kier molecular flexibility index (Phi) is 4.24. The molecule has 7 rings (SSSR count). The number of halogens is 1. The summed E-state index contributed by atoms with van der Waals surface area (Å²) in [6.07, 6.45) is 8.30. The van der Waals surface area contributed by atoms with Gasteiger partial charge in [-0.1, -0.05) is 13.0 Å². The Morgan fingerprint density at radius 2 is 1.87 bits per heavy atom. The van der Waals surface area contributed by atoms with Crippen LogP contribution in [-0.2, 0) is 12.0 Å². The van der Waals surface area contributed by atoms with Crippen LogP contribution >= 0.6 is 0 Å². The van der Waals surface area contributed by atoms with Crippen molar-refractivity contribution in [2.24, 2.45) is 17.8 Å². The van der Waals surface area contributed by atoms with Gasteiger partial charge in [0.1, 0.15) is 17.4 Å². The number of hydrogen-bond donors (Lipinski definition) is 1. The van der Waals surface area contributed by atoms with Crippen molar-refractivity contribution >= 4 is 11.2 Å². The number of rotatable bonds is 5. The third kappa shape index (κ3) is 3.08. The number of imidazole rings is 1. The highest BCUT2D eigenvalue weighted by atomic mass is 19.1. The normalized spacial score (nSPS) is 29.0. The lowest BCUT2D eigenvalue weighted by atomic mass is 9.49. The Labute approximate surface area is 179 Å². The zero-order chi connectivity index (χ0) is 21.2. The van der Waals surface area contributed by atoms with Gasteiger partial charge in [-0.2, -0.15) is 4.98 Å². The van der Waals surface area contributed by atoms with Gasteiger partial charge in [-0.3, -0.25) is 9.36 Å². The van der Waals surface area contributed by atoms with Gasteiger partial charge in [-0.05, 0) is 74.8 Å². The summed E-state index contributed by atoms with van der Waals surface area (Å²) >= 11 is 0. The number of benzene rings is 1. The average molecular weight is 423 g/mol. The summed E-state index contributed by atoms with van der Waals surface area (Å²) in [5, 5.41) is 0. The number of ether oxygens (including phenoxy) is 1. The van der Waals surface area contributed by atoms with E-state index in [1.54, 1.807) is 12.1 Å². The second-order valence-electron chi connectivity index (χ2n) is 9.89. The fourth-order valence-corrected chi connectivity index (χ4v) is 6.75. The maximum atomic E-state index is 13.6. The van der Waals surface area contributed by atoms with E-state index in [1.165, 1.54) is 36.0 Å². The summed E-state index contributed by atoms with van der Waals surface area (Å²) < 4.78 is 21.0. The lowest BCUT2D eigenvalue weighted by molar-refractivity contribution is -0.00888. The topological polar surface area (TPSA) is 72.8 Å². The lowest BCUT2D eigenvalue weighted by Gasteiger charge is -2.55. The van der Waals surface area contributed by atoms with Gasteiger partial charge in [0.15, 0.2) is 11.2 Å². The highest BCUT2D eigenvalue weighted by Gasteiger charge is 2.53. The van der Waals surface area contributed by atoms with Crippen LogP contribution in [0.1, 0.15) is 57.7 Å². The molecule has 0 unspecified atom stereocenters. The Bertz CT molecular complexity index is 1180. The van der Waals surface area contributed by atoms with Crippen molar-refractivity contribution in [3.8, 4) is 11.8 Å². The third-order valence-corrected chi connectivity index (χ3v) is 7.57. The zero-order valence-corrected chi connectivity index (χ0v) is 17.7. The molecule has 4 saturated carbocycles. The number of aromatic amines is 1. The van der Waals surface area contributed by atoms with Crippen LogP contribution in [0.5, 0.6) is 11.8 Å². The molecule has 0 radical (unpaired) electrons. The Hall–Kier alpha value is -2.70. The van der Waals surface area contributed by atoms with Crippen molar-refractivity contribution in [3.63, 3.8) is 0 Å². The summed E-state index contributed by atoms with van der Waals surface area (Å²) in [5.41, 5.74) is 0.725. The van der Waals surface area contributed by atoms with Crippen molar-refractivity contribution in [2.75, 3.05) is 0 Å². The predicted molar refractivity (Wildman–Crippen MR) is 115 cm³/mol. The van der Waals surface area contributed by atoms with Crippen molar-refractivity contribution < 1.29 is 9.13 Å². The van der Waals surface area contributed by atoms with Crippen LogP contribution in [0.15, 0.2) is 29.1 Å². The second kappa shape index (κ2) is 6.90. The molecule has 2 heterocycles. The second-order valence-corrected chi connectivity index (χ2v) is 9.89. The highest BCUT2D eigenvalue weighted by molar-refractivity contribution is 5.70. The Morgan fingerprint density at radius 3 is 2.52 bits per heavy atom. The molecular formula is C24H27FN4O2. The molecule has 1 N–H and O–H groups in total. The third-order valence-electron chi connectivity index (χ3n) is 7.57. The maximum Gasteiger partial charge on any atom is 0.306 e. The standard InChI is InChI=1S/C24H27FN4O2/c1-2-6-29-21(30)19-20(28-23(29)31-18-5-3-4-17(25)10-18)27-22(26-19)24-11-14-7-15(12-24)9-16(8-14)13-24/h3-5,10,14-16H,2,6-9,11-13H2,1H3,(H,26,27). The van der Waals surface area contributed by atoms with Crippen LogP contribution in [0.2, 0.25) is 0 Å². The van der Waals surface area contributed by atoms with Gasteiger partial charge in [-0.25, -0.2) is 9.37 Å². The number of nitrogens with one attached hydrogen (secondary N) is 1. The lowest BCUT2D eigenvalue weighted by Crippen LogP contribution is -2.49. The molecule has 2 aromatic heterocycles. The quantitative estimate of drug-likeness (QED) is 0.633. The number of aromatic nitrogens is 4. The van der Waals surface area contributed by atoms with Gasteiger partial charge in [0, 0.05) is 18.0 Å². The molecule has 6 nitrogen and oxygen atoms in total. The molecule has 0 amide bonds. The van der Waals surface area contributed by atoms with Crippen LogP contribution in [-0.4, -0.2) is 19.5 Å². The van der Waals surface area contributed by atoms with E-state index < -0.39 is 5.82 Å². The number of fused-ring (bicyclic) bond motifs is 1. The summed E-state index contributed by atoms with van der Waals surface area (Å²) in [6.45, 7) is 2.47. The summed E-state index contributed by atoms with van der Waals surface area (Å²) in [4.78, 5) is 26.2. The number of H-pyrrole nitrogens is 1. The van der Waals surface area contributed by atoms with E-state index in [1.807, 2.05) is 6.92 Å². The van der Waals surface area contributed by atoms with Crippen molar-refractivity contribution in [2.45, 2.75) is 63.8 Å². The van der Waals surface area contributed by atoms with E-state index in [9.17, 15) is 9.18 Å². The predicted octanol–water partition coefficient (Wildman–Crippen LogP) is 4.93. The minimum atomic E-state index is -0.396. The smallest absolute Gasteiger partial charge is 0.306 e. The Balaban J connectivity index is 1.44. The van der Waals surface area contributed by atoms with Gasteiger partial charge in [0.05, 0.1) is 0 Å². The molecule has 4 fully saturated rings. The summed E-state index contributed by atoms with van der Waals surface area (Å²) in [7, 11) is 0. The molecule has 0 spiro atoms. The van der Waals surface area contributed by atoms with Crippen LogP contribution < -0.4 is 10.3 Å². The van der Waals surface area contributed by atoms with E-state index in [4.69, 9.17) is 9.72 Å². The molecule has 3 aromatic rings. The van der Waals surface area contributed by atoms with Gasteiger partial charge in [0.2, 0.25) is 0 Å². The fourth-order valence-electron chi connectivity index (χ4n) is 6.75. The number of nitrogens with zero attached hydrogens (tertiary/aromatic N) is 3. The first-order chi connectivity index (χ1) is 15.0. The first-order valence-electron chi connectivity index (χ1n) is 11.5. The monoisotopic (exact) mass is 422 g/mol. The largest absolute Gasteiger partial charge is 0.425 e. The molecule has 0 saturated heterocycles. The molecule has 1 aromatic carbocycles. The molecule has 0 aliphatic heterocycles. The SMILES string of the molecule is CCCn1c(Oc2cccc(F)c2)nc2nc(C34CC5CC(CC(C5)C3)C4)[nH]c2c1=O. The maximum absolute atomic E-state index is 13.6.